The van der Waals surface area contributed by atoms with E-state index in [9.17, 15) is 0 Å². The molecular weight excluding hydrogens is 296 g/mol. The molecule has 7 heteroatoms. The quantitative estimate of drug-likeness (QED) is 0.899. The van der Waals surface area contributed by atoms with Gasteiger partial charge in [-0.1, -0.05) is 0 Å². The highest BCUT2D eigenvalue weighted by atomic mass is 35.5. The Labute approximate surface area is 127 Å². The number of rotatable bonds is 3. The zero-order valence-corrected chi connectivity index (χ0v) is 12.7. The molecule has 0 aromatic carbocycles. The van der Waals surface area contributed by atoms with Gasteiger partial charge >= 0.3 is 0 Å². The summed E-state index contributed by atoms with van der Waals surface area (Å²) in [6.45, 7) is 2.15. The molecule has 0 amide bonds. The van der Waals surface area contributed by atoms with Gasteiger partial charge in [-0.25, -0.2) is 4.98 Å². The number of aromatic nitrogens is 1. The van der Waals surface area contributed by atoms with Gasteiger partial charge in [-0.15, -0.1) is 37.2 Å². The lowest BCUT2D eigenvalue weighted by molar-refractivity contribution is 0.412. The number of piperidine rings is 1. The van der Waals surface area contributed by atoms with E-state index in [1.54, 1.807) is 13.3 Å². The maximum absolute atomic E-state index is 5.25. The minimum absolute atomic E-state index is 0. The topological polar surface area (TPSA) is 46.2 Å². The molecule has 1 aromatic rings. The molecule has 0 aliphatic carbocycles. The van der Waals surface area contributed by atoms with Crippen molar-refractivity contribution in [3.63, 3.8) is 0 Å². The van der Waals surface area contributed by atoms with Crippen molar-refractivity contribution in [3.8, 4) is 5.75 Å². The molecule has 2 N–H and O–H groups in total. The highest BCUT2D eigenvalue weighted by molar-refractivity contribution is 5.86. The number of nitrogens with one attached hydrogen (secondary N) is 2. The van der Waals surface area contributed by atoms with Gasteiger partial charge in [0.25, 0.3) is 0 Å². The first-order valence-corrected chi connectivity index (χ1v) is 5.36. The van der Waals surface area contributed by atoms with Crippen molar-refractivity contribution in [2.24, 2.45) is 0 Å². The normalized spacial score (nSPS) is 14.5. The Morgan fingerprint density at radius 3 is 2.56 bits per heavy atom. The van der Waals surface area contributed by atoms with Crippen molar-refractivity contribution in [2.45, 2.75) is 18.9 Å². The second-order valence-electron chi connectivity index (χ2n) is 3.72. The van der Waals surface area contributed by atoms with Crippen molar-refractivity contribution in [1.29, 1.82) is 0 Å². The van der Waals surface area contributed by atoms with Gasteiger partial charge in [-0.05, 0) is 38.1 Å². The van der Waals surface area contributed by atoms with E-state index >= 15 is 0 Å². The van der Waals surface area contributed by atoms with Crippen LogP contribution < -0.4 is 15.4 Å². The highest BCUT2D eigenvalue weighted by Crippen LogP contribution is 2.22. The second kappa shape index (κ2) is 10.5. The van der Waals surface area contributed by atoms with Gasteiger partial charge in [0.05, 0.1) is 7.11 Å². The summed E-state index contributed by atoms with van der Waals surface area (Å²) < 4.78 is 5.25. The second-order valence-corrected chi connectivity index (χ2v) is 3.72. The third kappa shape index (κ3) is 5.48. The lowest BCUT2D eigenvalue weighted by Crippen LogP contribution is -2.35. The average Bonchev–Trinajstić information content (AvgIpc) is 2.31. The predicted molar refractivity (Wildman–Crippen MR) is 82.0 cm³/mol. The largest absolute Gasteiger partial charge is 0.493 e. The number of halogens is 3. The summed E-state index contributed by atoms with van der Waals surface area (Å²) in [5.41, 5.74) is 0. The summed E-state index contributed by atoms with van der Waals surface area (Å²) in [6, 6.07) is 4.32. The van der Waals surface area contributed by atoms with Gasteiger partial charge in [0.1, 0.15) is 0 Å². The smallest absolute Gasteiger partial charge is 0.168 e. The molecular formula is C11H20Cl3N3O. The van der Waals surface area contributed by atoms with Crippen molar-refractivity contribution < 1.29 is 4.74 Å². The molecule has 0 atom stereocenters. The van der Waals surface area contributed by atoms with E-state index in [2.05, 4.69) is 15.6 Å². The van der Waals surface area contributed by atoms with Gasteiger partial charge in [0, 0.05) is 12.2 Å². The molecule has 1 fully saturated rings. The minimum Gasteiger partial charge on any atom is -0.493 e. The summed E-state index contributed by atoms with van der Waals surface area (Å²) in [5.74, 6) is 1.67. The Hall–Kier alpha value is -0.420. The zero-order valence-electron chi connectivity index (χ0n) is 10.2. The van der Waals surface area contributed by atoms with E-state index in [1.807, 2.05) is 12.1 Å². The number of hydrogen-bond acceptors (Lipinski definition) is 4. The fraction of sp³-hybridized carbons (Fsp3) is 0.545. The van der Waals surface area contributed by atoms with Gasteiger partial charge in [0.15, 0.2) is 11.6 Å². The van der Waals surface area contributed by atoms with Crippen LogP contribution in [0.4, 0.5) is 5.82 Å². The summed E-state index contributed by atoms with van der Waals surface area (Å²) in [6.07, 6.45) is 4.06. The van der Waals surface area contributed by atoms with Crippen LogP contribution in [0.25, 0.3) is 0 Å². The minimum atomic E-state index is 0. The standard InChI is InChI=1S/C11H17N3O.3ClH/c1-15-10-3-2-6-13-11(10)14-9-4-7-12-8-5-9;;;/h2-3,6,9,12H,4-5,7-8H2,1H3,(H,13,14);3*1H. The Bertz CT molecular complexity index is 322. The molecule has 0 unspecified atom stereocenters. The number of nitrogens with zero attached hydrogens (tertiary/aromatic N) is 1. The van der Waals surface area contributed by atoms with Crippen LogP contribution in [0.5, 0.6) is 5.75 Å². The van der Waals surface area contributed by atoms with E-state index in [0.717, 1.165) is 37.5 Å². The monoisotopic (exact) mass is 315 g/mol. The fourth-order valence-corrected chi connectivity index (χ4v) is 1.82. The maximum Gasteiger partial charge on any atom is 0.168 e. The van der Waals surface area contributed by atoms with E-state index in [4.69, 9.17) is 4.74 Å². The lowest BCUT2D eigenvalue weighted by atomic mass is 10.1. The van der Waals surface area contributed by atoms with E-state index < -0.39 is 0 Å². The molecule has 1 aromatic heterocycles. The van der Waals surface area contributed by atoms with Crippen LogP contribution in [-0.2, 0) is 0 Å². The van der Waals surface area contributed by atoms with Crippen LogP contribution in [0.1, 0.15) is 12.8 Å². The van der Waals surface area contributed by atoms with Crippen LogP contribution in [0.2, 0.25) is 0 Å². The molecule has 4 nitrogen and oxygen atoms in total. The Balaban J connectivity index is 0. The van der Waals surface area contributed by atoms with Crippen molar-refractivity contribution in [3.05, 3.63) is 18.3 Å². The summed E-state index contributed by atoms with van der Waals surface area (Å²) >= 11 is 0. The molecule has 0 saturated carbocycles. The van der Waals surface area contributed by atoms with Crippen molar-refractivity contribution >= 4 is 43.0 Å². The molecule has 2 rings (SSSR count). The van der Waals surface area contributed by atoms with Gasteiger partial charge in [-0.2, -0.15) is 0 Å². The first kappa shape index (κ1) is 19.9. The SMILES string of the molecule is COc1cccnc1NC1CCNCC1.Cl.Cl.Cl. The summed E-state index contributed by atoms with van der Waals surface area (Å²) in [4.78, 5) is 4.29. The molecule has 106 valence electrons. The average molecular weight is 317 g/mol. The maximum atomic E-state index is 5.25. The molecule has 0 bridgehead atoms. The van der Waals surface area contributed by atoms with Gasteiger partial charge in [0.2, 0.25) is 0 Å². The van der Waals surface area contributed by atoms with Crippen molar-refractivity contribution in [2.75, 3.05) is 25.5 Å². The Morgan fingerprint density at radius 2 is 1.94 bits per heavy atom. The number of pyridine rings is 1. The third-order valence-corrected chi connectivity index (χ3v) is 2.67. The fourth-order valence-electron chi connectivity index (χ4n) is 1.82. The number of ether oxygens (including phenoxy) is 1. The third-order valence-electron chi connectivity index (χ3n) is 2.67. The molecule has 18 heavy (non-hydrogen) atoms. The molecule has 2 heterocycles. The van der Waals surface area contributed by atoms with Crippen LogP contribution in [-0.4, -0.2) is 31.2 Å². The predicted octanol–water partition coefficient (Wildman–Crippen LogP) is 2.52. The van der Waals surface area contributed by atoms with Crippen LogP contribution in [0, 0.1) is 0 Å². The lowest BCUT2D eigenvalue weighted by Gasteiger charge is -2.24. The molecule has 0 spiro atoms. The molecule has 1 saturated heterocycles. The summed E-state index contributed by atoms with van der Waals surface area (Å²) in [7, 11) is 1.67. The highest BCUT2D eigenvalue weighted by Gasteiger charge is 2.14. The van der Waals surface area contributed by atoms with E-state index in [0.29, 0.717) is 6.04 Å². The van der Waals surface area contributed by atoms with E-state index in [1.165, 1.54) is 0 Å². The molecule has 1 aliphatic rings. The van der Waals surface area contributed by atoms with Gasteiger partial charge in [-0.3, -0.25) is 0 Å². The van der Waals surface area contributed by atoms with Crippen LogP contribution in [0.3, 0.4) is 0 Å². The summed E-state index contributed by atoms with van der Waals surface area (Å²) in [5, 5.41) is 6.76. The first-order chi connectivity index (χ1) is 7.40. The van der Waals surface area contributed by atoms with Gasteiger partial charge < -0.3 is 15.4 Å². The Morgan fingerprint density at radius 1 is 1.28 bits per heavy atom. The first-order valence-electron chi connectivity index (χ1n) is 5.36. The van der Waals surface area contributed by atoms with Crippen LogP contribution in [0.15, 0.2) is 18.3 Å². The molecule has 1 aliphatic heterocycles. The number of hydrogen-bond donors (Lipinski definition) is 2. The molecule has 0 radical (unpaired) electrons. The number of anilines is 1. The van der Waals surface area contributed by atoms with Crippen LogP contribution >= 0.6 is 37.2 Å². The number of methoxy groups -OCH3 is 1. The van der Waals surface area contributed by atoms with E-state index in [-0.39, 0.29) is 37.2 Å². The Kier molecular flexibility index (Phi) is 11.6. The van der Waals surface area contributed by atoms with Crippen molar-refractivity contribution in [1.82, 2.24) is 10.3 Å². The zero-order chi connectivity index (χ0) is 10.5.